The lowest BCUT2D eigenvalue weighted by atomic mass is 10.1. The van der Waals surface area contributed by atoms with Crippen LogP contribution in [0.2, 0.25) is 0 Å². The summed E-state index contributed by atoms with van der Waals surface area (Å²) in [6.07, 6.45) is 0.957. The zero-order valence-corrected chi connectivity index (χ0v) is 8.35. The summed E-state index contributed by atoms with van der Waals surface area (Å²) in [5.41, 5.74) is 0. The summed E-state index contributed by atoms with van der Waals surface area (Å²) >= 11 is 0. The highest BCUT2D eigenvalue weighted by Gasteiger charge is 2.19. The predicted octanol–water partition coefficient (Wildman–Crippen LogP) is 2.97. The predicted molar refractivity (Wildman–Crippen MR) is 58.9 cm³/mol. The maximum Gasteiger partial charge on any atom is 0.202 e. The summed E-state index contributed by atoms with van der Waals surface area (Å²) in [5, 5.41) is 2.44. The van der Waals surface area contributed by atoms with E-state index < -0.39 is 0 Å². The molecular formula is C13H12O2. The average Bonchev–Trinajstić information content (AvgIpc) is 2.23. The molecule has 1 unspecified atom stereocenters. The molecule has 2 heteroatoms. The standard InChI is InChI=1S/C13H12O2/c1-2-4-11-9-12(6-5-10(11)3-1)15-13-7-8-14-13/h1-6,9,13H,7-8H2. The van der Waals surface area contributed by atoms with Crippen LogP contribution in [0.5, 0.6) is 5.75 Å². The smallest absolute Gasteiger partial charge is 0.202 e. The van der Waals surface area contributed by atoms with E-state index in [-0.39, 0.29) is 6.29 Å². The highest BCUT2D eigenvalue weighted by atomic mass is 16.7. The molecule has 0 aromatic heterocycles. The van der Waals surface area contributed by atoms with Crippen molar-refractivity contribution in [2.75, 3.05) is 6.61 Å². The van der Waals surface area contributed by atoms with Gasteiger partial charge in [-0.15, -0.1) is 0 Å². The van der Waals surface area contributed by atoms with Crippen molar-refractivity contribution in [2.24, 2.45) is 0 Å². The second kappa shape index (κ2) is 3.55. The average molecular weight is 200 g/mol. The lowest BCUT2D eigenvalue weighted by Crippen LogP contribution is -2.32. The monoisotopic (exact) mass is 200 g/mol. The van der Waals surface area contributed by atoms with Gasteiger partial charge in [0, 0.05) is 6.42 Å². The molecule has 1 saturated heterocycles. The molecule has 1 aliphatic rings. The molecule has 1 aliphatic heterocycles. The van der Waals surface area contributed by atoms with Gasteiger partial charge in [-0.1, -0.05) is 30.3 Å². The van der Waals surface area contributed by atoms with Crippen molar-refractivity contribution in [3.63, 3.8) is 0 Å². The molecule has 2 aromatic rings. The van der Waals surface area contributed by atoms with Crippen LogP contribution < -0.4 is 4.74 Å². The van der Waals surface area contributed by atoms with E-state index in [9.17, 15) is 0 Å². The van der Waals surface area contributed by atoms with Crippen molar-refractivity contribution < 1.29 is 9.47 Å². The molecule has 0 aliphatic carbocycles. The SMILES string of the molecule is c1ccc2cc(OC3CCO3)ccc2c1. The van der Waals surface area contributed by atoms with Gasteiger partial charge < -0.3 is 9.47 Å². The van der Waals surface area contributed by atoms with Gasteiger partial charge in [0.2, 0.25) is 6.29 Å². The van der Waals surface area contributed by atoms with Gasteiger partial charge in [0.15, 0.2) is 0 Å². The third-order valence-electron chi connectivity index (χ3n) is 2.65. The van der Waals surface area contributed by atoms with Crippen LogP contribution in [0, 0.1) is 0 Å². The zero-order valence-electron chi connectivity index (χ0n) is 8.35. The Bertz CT molecular complexity index is 475. The van der Waals surface area contributed by atoms with Crippen molar-refractivity contribution in [1.82, 2.24) is 0 Å². The Hall–Kier alpha value is -1.54. The fourth-order valence-electron chi connectivity index (χ4n) is 1.70. The summed E-state index contributed by atoms with van der Waals surface area (Å²) < 4.78 is 10.9. The summed E-state index contributed by atoms with van der Waals surface area (Å²) in [7, 11) is 0. The Balaban J connectivity index is 1.91. The van der Waals surface area contributed by atoms with Crippen molar-refractivity contribution in [3.8, 4) is 5.75 Å². The Labute approximate surface area is 88.4 Å². The first-order valence-corrected chi connectivity index (χ1v) is 5.19. The highest BCUT2D eigenvalue weighted by Crippen LogP contribution is 2.23. The van der Waals surface area contributed by atoms with Crippen LogP contribution in [0.3, 0.4) is 0 Å². The first-order valence-electron chi connectivity index (χ1n) is 5.19. The van der Waals surface area contributed by atoms with E-state index in [1.54, 1.807) is 0 Å². The Morgan fingerprint density at radius 1 is 1.07 bits per heavy atom. The van der Waals surface area contributed by atoms with Crippen LogP contribution in [-0.2, 0) is 4.74 Å². The molecule has 1 heterocycles. The van der Waals surface area contributed by atoms with Crippen LogP contribution in [0.1, 0.15) is 6.42 Å². The Morgan fingerprint density at radius 3 is 2.60 bits per heavy atom. The first-order chi connectivity index (χ1) is 7.42. The van der Waals surface area contributed by atoms with E-state index >= 15 is 0 Å². The molecular weight excluding hydrogens is 188 g/mol. The lowest BCUT2D eigenvalue weighted by Gasteiger charge is -2.26. The molecule has 76 valence electrons. The van der Waals surface area contributed by atoms with Crippen molar-refractivity contribution in [1.29, 1.82) is 0 Å². The van der Waals surface area contributed by atoms with E-state index in [4.69, 9.17) is 9.47 Å². The normalized spacial score (nSPS) is 19.9. The minimum Gasteiger partial charge on any atom is -0.465 e. The Kier molecular flexibility index (Phi) is 2.07. The second-order valence-corrected chi connectivity index (χ2v) is 3.72. The number of benzene rings is 2. The molecule has 0 N–H and O–H groups in total. The molecule has 0 bridgehead atoms. The van der Waals surface area contributed by atoms with E-state index in [0.29, 0.717) is 0 Å². The van der Waals surface area contributed by atoms with Crippen LogP contribution in [0.15, 0.2) is 42.5 Å². The molecule has 1 atom stereocenters. The molecule has 3 rings (SSSR count). The van der Waals surface area contributed by atoms with Crippen molar-refractivity contribution in [2.45, 2.75) is 12.7 Å². The van der Waals surface area contributed by atoms with Crippen LogP contribution in [0.4, 0.5) is 0 Å². The molecule has 15 heavy (non-hydrogen) atoms. The van der Waals surface area contributed by atoms with Crippen LogP contribution in [-0.4, -0.2) is 12.9 Å². The van der Waals surface area contributed by atoms with Gasteiger partial charge in [-0.25, -0.2) is 0 Å². The molecule has 1 fully saturated rings. The molecule has 0 amide bonds. The number of hydrogen-bond donors (Lipinski definition) is 0. The van der Waals surface area contributed by atoms with Crippen molar-refractivity contribution >= 4 is 10.8 Å². The van der Waals surface area contributed by atoms with Gasteiger partial charge in [-0.2, -0.15) is 0 Å². The number of ether oxygens (including phenoxy) is 2. The zero-order chi connectivity index (χ0) is 10.1. The molecule has 0 spiro atoms. The van der Waals surface area contributed by atoms with Gasteiger partial charge in [-0.05, 0) is 22.9 Å². The fraction of sp³-hybridized carbons (Fsp3) is 0.231. The lowest BCUT2D eigenvalue weighted by molar-refractivity contribution is -0.165. The molecule has 2 aromatic carbocycles. The largest absolute Gasteiger partial charge is 0.465 e. The summed E-state index contributed by atoms with van der Waals surface area (Å²) in [6.45, 7) is 0.818. The van der Waals surface area contributed by atoms with Gasteiger partial charge >= 0.3 is 0 Å². The van der Waals surface area contributed by atoms with E-state index in [1.807, 2.05) is 18.2 Å². The van der Waals surface area contributed by atoms with Crippen LogP contribution in [0.25, 0.3) is 10.8 Å². The maximum absolute atomic E-state index is 5.64. The minimum absolute atomic E-state index is 0.0360. The molecule has 2 nitrogen and oxygen atoms in total. The molecule has 0 radical (unpaired) electrons. The summed E-state index contributed by atoms with van der Waals surface area (Å²) in [4.78, 5) is 0. The maximum atomic E-state index is 5.64. The Morgan fingerprint density at radius 2 is 1.87 bits per heavy atom. The quantitative estimate of drug-likeness (QED) is 0.742. The van der Waals surface area contributed by atoms with Gasteiger partial charge in [0.25, 0.3) is 0 Å². The number of hydrogen-bond acceptors (Lipinski definition) is 2. The second-order valence-electron chi connectivity index (χ2n) is 3.72. The third-order valence-corrected chi connectivity index (χ3v) is 2.65. The first kappa shape index (κ1) is 8.74. The third kappa shape index (κ3) is 1.68. The van der Waals surface area contributed by atoms with E-state index in [2.05, 4.69) is 24.3 Å². The van der Waals surface area contributed by atoms with E-state index in [1.165, 1.54) is 10.8 Å². The topological polar surface area (TPSA) is 18.5 Å². The fourth-order valence-corrected chi connectivity index (χ4v) is 1.70. The van der Waals surface area contributed by atoms with Crippen molar-refractivity contribution in [3.05, 3.63) is 42.5 Å². The van der Waals surface area contributed by atoms with Gasteiger partial charge in [-0.3, -0.25) is 0 Å². The van der Waals surface area contributed by atoms with Gasteiger partial charge in [0.1, 0.15) is 5.75 Å². The van der Waals surface area contributed by atoms with Gasteiger partial charge in [0.05, 0.1) is 6.61 Å². The number of rotatable bonds is 2. The molecule has 0 saturated carbocycles. The summed E-state index contributed by atoms with van der Waals surface area (Å²) in [6, 6.07) is 14.4. The minimum atomic E-state index is -0.0360. The van der Waals surface area contributed by atoms with E-state index in [0.717, 1.165) is 18.8 Å². The summed E-state index contributed by atoms with van der Waals surface area (Å²) in [5.74, 6) is 0.887. The number of fused-ring (bicyclic) bond motifs is 1. The highest BCUT2D eigenvalue weighted by molar-refractivity contribution is 5.83. The van der Waals surface area contributed by atoms with Crippen LogP contribution >= 0.6 is 0 Å².